The van der Waals surface area contributed by atoms with Crippen molar-refractivity contribution in [3.63, 3.8) is 0 Å². The maximum Gasteiger partial charge on any atom is 0.336 e. The number of ether oxygens (including phenoxy) is 1. The Balaban J connectivity index is 1.62. The number of nitrogens with zero attached hydrogens (tertiary/aromatic N) is 1. The Kier molecular flexibility index (Phi) is 5.57. The number of rotatable bonds is 5. The molecular weight excluding hydrogens is 368 g/mol. The molecule has 0 bridgehead atoms. The molecule has 3 aromatic rings. The summed E-state index contributed by atoms with van der Waals surface area (Å²) in [6.45, 7) is 3.38. The van der Waals surface area contributed by atoms with Crippen LogP contribution in [0.1, 0.15) is 18.1 Å². The van der Waals surface area contributed by atoms with Crippen molar-refractivity contribution >= 4 is 34.2 Å². The van der Waals surface area contributed by atoms with Crippen molar-refractivity contribution in [1.29, 1.82) is 0 Å². The third-order valence-corrected chi connectivity index (χ3v) is 4.16. The predicted molar refractivity (Wildman–Crippen MR) is 105 cm³/mol. The van der Waals surface area contributed by atoms with E-state index in [9.17, 15) is 9.59 Å². The fourth-order valence-electron chi connectivity index (χ4n) is 2.48. The van der Waals surface area contributed by atoms with Crippen molar-refractivity contribution in [3.05, 3.63) is 75.1 Å². The standard InChI is InChI=1S/C20H17ClN2O4/c1-12-9-20(25)27-18-10-16(7-8-17(12)18)26-11-19(24)23-22-13(2)14-3-5-15(21)6-4-14/h3-10H,11H2,1-2H3,(H,23,24)/b22-13-. The van der Waals surface area contributed by atoms with Crippen LogP contribution in [0.5, 0.6) is 5.75 Å². The first-order chi connectivity index (χ1) is 12.9. The highest BCUT2D eigenvalue weighted by Crippen LogP contribution is 2.22. The van der Waals surface area contributed by atoms with E-state index in [1.165, 1.54) is 6.07 Å². The molecular formula is C20H17ClN2O4. The fourth-order valence-corrected chi connectivity index (χ4v) is 2.60. The van der Waals surface area contributed by atoms with Crippen LogP contribution >= 0.6 is 11.6 Å². The van der Waals surface area contributed by atoms with Gasteiger partial charge >= 0.3 is 5.63 Å². The van der Waals surface area contributed by atoms with Gasteiger partial charge in [0.15, 0.2) is 6.61 Å². The molecule has 0 saturated carbocycles. The first kappa shape index (κ1) is 18.7. The molecule has 1 N–H and O–H groups in total. The number of hydrogen-bond acceptors (Lipinski definition) is 5. The molecule has 2 aromatic carbocycles. The van der Waals surface area contributed by atoms with Gasteiger partial charge in [-0.3, -0.25) is 4.79 Å². The minimum absolute atomic E-state index is 0.223. The van der Waals surface area contributed by atoms with E-state index in [0.29, 0.717) is 22.1 Å². The Bertz CT molecular complexity index is 1070. The van der Waals surface area contributed by atoms with Crippen LogP contribution in [0.2, 0.25) is 5.02 Å². The summed E-state index contributed by atoms with van der Waals surface area (Å²) in [7, 11) is 0. The van der Waals surface area contributed by atoms with Crippen molar-refractivity contribution in [2.45, 2.75) is 13.8 Å². The number of hydrogen-bond donors (Lipinski definition) is 1. The molecule has 0 atom stereocenters. The lowest BCUT2D eigenvalue weighted by Gasteiger charge is -2.07. The molecule has 0 aliphatic heterocycles. The second-order valence-corrected chi connectivity index (χ2v) is 6.37. The molecule has 0 aliphatic carbocycles. The van der Waals surface area contributed by atoms with Crippen LogP contribution < -0.4 is 15.8 Å². The highest BCUT2D eigenvalue weighted by Gasteiger charge is 2.07. The third kappa shape index (κ3) is 4.74. The van der Waals surface area contributed by atoms with Crippen LogP contribution in [-0.4, -0.2) is 18.2 Å². The lowest BCUT2D eigenvalue weighted by atomic mass is 10.1. The summed E-state index contributed by atoms with van der Waals surface area (Å²) in [6, 6.07) is 13.6. The number of carbonyl (C=O) groups excluding carboxylic acids is 1. The monoisotopic (exact) mass is 384 g/mol. The van der Waals surface area contributed by atoms with Gasteiger partial charge < -0.3 is 9.15 Å². The van der Waals surface area contributed by atoms with E-state index in [0.717, 1.165) is 16.5 Å². The first-order valence-corrected chi connectivity index (χ1v) is 8.56. The Labute approximate surface area is 160 Å². The highest BCUT2D eigenvalue weighted by molar-refractivity contribution is 6.30. The average molecular weight is 385 g/mol. The van der Waals surface area contributed by atoms with Gasteiger partial charge in [0.05, 0.1) is 5.71 Å². The van der Waals surface area contributed by atoms with Gasteiger partial charge in [0, 0.05) is 22.5 Å². The van der Waals surface area contributed by atoms with E-state index in [1.54, 1.807) is 37.3 Å². The zero-order chi connectivity index (χ0) is 19.4. The molecule has 138 valence electrons. The molecule has 0 unspecified atom stereocenters. The number of benzene rings is 2. The van der Waals surface area contributed by atoms with Gasteiger partial charge in [-0.1, -0.05) is 23.7 Å². The van der Waals surface area contributed by atoms with Crippen molar-refractivity contribution in [2.75, 3.05) is 6.61 Å². The summed E-state index contributed by atoms with van der Waals surface area (Å²) >= 11 is 5.85. The van der Waals surface area contributed by atoms with Gasteiger partial charge in [-0.05, 0) is 49.2 Å². The smallest absolute Gasteiger partial charge is 0.336 e. The minimum Gasteiger partial charge on any atom is -0.484 e. The highest BCUT2D eigenvalue weighted by atomic mass is 35.5. The average Bonchev–Trinajstić information content (AvgIpc) is 2.64. The van der Waals surface area contributed by atoms with Crippen molar-refractivity contribution in [2.24, 2.45) is 5.10 Å². The topological polar surface area (TPSA) is 80.9 Å². The summed E-state index contributed by atoms with van der Waals surface area (Å²) < 4.78 is 10.6. The van der Waals surface area contributed by atoms with Crippen LogP contribution in [0, 0.1) is 6.92 Å². The molecule has 1 heterocycles. The van der Waals surface area contributed by atoms with Gasteiger partial charge in [0.2, 0.25) is 0 Å². The van der Waals surface area contributed by atoms with Gasteiger partial charge in [-0.2, -0.15) is 5.10 Å². The van der Waals surface area contributed by atoms with Crippen LogP contribution in [0.3, 0.4) is 0 Å². The normalized spacial score (nSPS) is 11.4. The Morgan fingerprint density at radius 2 is 1.93 bits per heavy atom. The van der Waals surface area contributed by atoms with E-state index in [4.69, 9.17) is 20.8 Å². The van der Waals surface area contributed by atoms with E-state index < -0.39 is 11.5 Å². The number of fused-ring (bicyclic) bond motifs is 1. The molecule has 0 fully saturated rings. The molecule has 27 heavy (non-hydrogen) atoms. The zero-order valence-electron chi connectivity index (χ0n) is 14.8. The summed E-state index contributed by atoms with van der Waals surface area (Å²) in [4.78, 5) is 23.4. The maximum absolute atomic E-state index is 11.9. The van der Waals surface area contributed by atoms with Crippen LogP contribution in [0.25, 0.3) is 11.0 Å². The largest absolute Gasteiger partial charge is 0.484 e. The van der Waals surface area contributed by atoms with Gasteiger partial charge in [-0.15, -0.1) is 0 Å². The lowest BCUT2D eigenvalue weighted by Crippen LogP contribution is -2.25. The first-order valence-electron chi connectivity index (χ1n) is 8.19. The Hall–Kier alpha value is -3.12. The van der Waals surface area contributed by atoms with Crippen molar-refractivity contribution in [1.82, 2.24) is 5.43 Å². The molecule has 0 spiro atoms. The second-order valence-electron chi connectivity index (χ2n) is 5.93. The quantitative estimate of drug-likeness (QED) is 0.413. The molecule has 0 saturated heterocycles. The third-order valence-electron chi connectivity index (χ3n) is 3.90. The summed E-state index contributed by atoms with van der Waals surface area (Å²) in [5, 5.41) is 5.49. The van der Waals surface area contributed by atoms with Crippen LogP contribution in [0.4, 0.5) is 0 Å². The summed E-state index contributed by atoms with van der Waals surface area (Å²) in [6.07, 6.45) is 0. The van der Waals surface area contributed by atoms with Crippen molar-refractivity contribution in [3.8, 4) is 5.75 Å². The number of nitrogens with one attached hydrogen (secondary N) is 1. The van der Waals surface area contributed by atoms with E-state index >= 15 is 0 Å². The summed E-state index contributed by atoms with van der Waals surface area (Å²) in [5.74, 6) is 0.0129. The number of hydrazone groups is 1. The number of amides is 1. The lowest BCUT2D eigenvalue weighted by molar-refractivity contribution is -0.123. The van der Waals surface area contributed by atoms with Gasteiger partial charge in [0.25, 0.3) is 5.91 Å². The molecule has 6 nitrogen and oxygen atoms in total. The Morgan fingerprint density at radius 1 is 1.19 bits per heavy atom. The van der Waals surface area contributed by atoms with E-state index in [1.807, 2.05) is 19.1 Å². The minimum atomic E-state index is -0.429. The maximum atomic E-state index is 11.9. The SMILES string of the molecule is C/C(=N/NC(=O)COc1ccc2c(C)cc(=O)oc2c1)c1ccc(Cl)cc1. The number of carbonyl (C=O) groups is 1. The van der Waals surface area contributed by atoms with E-state index in [-0.39, 0.29) is 6.61 Å². The van der Waals surface area contributed by atoms with Crippen LogP contribution in [-0.2, 0) is 4.79 Å². The molecule has 1 aromatic heterocycles. The number of halogens is 1. The fraction of sp³-hybridized carbons (Fsp3) is 0.150. The predicted octanol–water partition coefficient (Wildman–Crippen LogP) is 3.67. The van der Waals surface area contributed by atoms with Crippen molar-refractivity contribution < 1.29 is 13.9 Å². The molecule has 3 rings (SSSR count). The van der Waals surface area contributed by atoms with E-state index in [2.05, 4.69) is 10.5 Å². The Morgan fingerprint density at radius 3 is 2.67 bits per heavy atom. The molecule has 0 radical (unpaired) electrons. The molecule has 0 aliphatic rings. The molecule has 7 heteroatoms. The zero-order valence-corrected chi connectivity index (χ0v) is 15.5. The van der Waals surface area contributed by atoms with Gasteiger partial charge in [0.1, 0.15) is 11.3 Å². The van der Waals surface area contributed by atoms with Crippen LogP contribution in [0.15, 0.2) is 62.8 Å². The number of aryl methyl sites for hydroxylation is 1. The molecule has 1 amide bonds. The van der Waals surface area contributed by atoms with Gasteiger partial charge in [-0.25, -0.2) is 10.2 Å². The summed E-state index contributed by atoms with van der Waals surface area (Å²) in [5.41, 5.74) is 4.73. The second kappa shape index (κ2) is 8.05.